The highest BCUT2D eigenvalue weighted by Crippen LogP contribution is 2.24. The summed E-state index contributed by atoms with van der Waals surface area (Å²) in [6.07, 6.45) is 3.28. The van der Waals surface area contributed by atoms with Gasteiger partial charge in [-0.15, -0.1) is 0 Å². The lowest BCUT2D eigenvalue weighted by molar-refractivity contribution is 0.415. The number of rotatable bonds is 4. The maximum absolute atomic E-state index is 12.8. The predicted octanol–water partition coefficient (Wildman–Crippen LogP) is 2.01. The zero-order valence-electron chi connectivity index (χ0n) is 14.9. The molecule has 8 nitrogen and oxygen atoms in total. The molecule has 0 aliphatic heterocycles. The number of nitriles is 1. The van der Waals surface area contributed by atoms with Crippen LogP contribution in [0.1, 0.15) is 11.1 Å². The Labute approximate surface area is 158 Å². The number of fused-ring (bicyclic) bond motifs is 1. The van der Waals surface area contributed by atoms with Gasteiger partial charge in [0.15, 0.2) is 0 Å². The van der Waals surface area contributed by atoms with Gasteiger partial charge in [-0.3, -0.25) is 14.7 Å². The van der Waals surface area contributed by atoms with Crippen LogP contribution < -0.4 is 15.9 Å². The predicted molar refractivity (Wildman–Crippen MR) is 103 cm³/mol. The molecule has 4 rings (SSSR count). The monoisotopic (exact) mass is 373 g/mol. The number of methoxy groups -OCH3 is 1. The number of pyridine rings is 2. The van der Waals surface area contributed by atoms with Gasteiger partial charge in [0.25, 0.3) is 11.1 Å². The Morgan fingerprint density at radius 3 is 2.71 bits per heavy atom. The lowest BCUT2D eigenvalue weighted by Gasteiger charge is -2.09. The molecule has 138 valence electrons. The maximum atomic E-state index is 12.8. The Balaban J connectivity index is 1.75. The molecule has 0 aliphatic carbocycles. The molecule has 1 aromatic carbocycles. The van der Waals surface area contributed by atoms with Crippen molar-refractivity contribution < 1.29 is 4.74 Å². The van der Waals surface area contributed by atoms with E-state index < -0.39 is 5.56 Å². The van der Waals surface area contributed by atoms with Crippen LogP contribution in [-0.2, 0) is 6.54 Å². The van der Waals surface area contributed by atoms with Gasteiger partial charge in [-0.25, -0.2) is 0 Å². The van der Waals surface area contributed by atoms with Gasteiger partial charge in [0.2, 0.25) is 0 Å². The molecular weight excluding hydrogens is 358 g/mol. The molecule has 0 fully saturated rings. The second-order valence-electron chi connectivity index (χ2n) is 6.20. The Hall–Kier alpha value is -4.12. The van der Waals surface area contributed by atoms with Crippen molar-refractivity contribution in [1.29, 1.82) is 5.26 Å². The van der Waals surface area contributed by atoms with E-state index in [0.29, 0.717) is 5.52 Å². The van der Waals surface area contributed by atoms with Gasteiger partial charge in [-0.05, 0) is 36.4 Å². The number of aromatic nitrogens is 4. The van der Waals surface area contributed by atoms with Gasteiger partial charge in [0.1, 0.15) is 17.4 Å². The first-order chi connectivity index (χ1) is 13.6. The first-order valence-electron chi connectivity index (χ1n) is 8.44. The molecule has 0 radical (unpaired) electrons. The van der Waals surface area contributed by atoms with Gasteiger partial charge in [-0.1, -0.05) is 0 Å². The number of aromatic amines is 2. The fourth-order valence-electron chi connectivity index (χ4n) is 3.07. The van der Waals surface area contributed by atoms with Crippen molar-refractivity contribution in [3.63, 3.8) is 0 Å². The fraction of sp³-hybridized carbons (Fsp3) is 0.100. The average molecular weight is 373 g/mol. The molecule has 0 bridgehead atoms. The Kier molecular flexibility index (Phi) is 4.26. The minimum absolute atomic E-state index is 0.0930. The Morgan fingerprint density at radius 2 is 2.00 bits per heavy atom. The third kappa shape index (κ3) is 2.95. The van der Waals surface area contributed by atoms with Crippen molar-refractivity contribution in [2.75, 3.05) is 7.11 Å². The second kappa shape index (κ2) is 6.89. The number of H-pyrrole nitrogens is 2. The molecule has 0 atom stereocenters. The minimum Gasteiger partial charge on any atom is -0.497 e. The molecule has 2 N–H and O–H groups in total. The fourth-order valence-corrected chi connectivity index (χ4v) is 3.07. The molecule has 0 amide bonds. The zero-order valence-corrected chi connectivity index (χ0v) is 14.9. The first-order valence-corrected chi connectivity index (χ1v) is 8.44. The standard InChI is InChI=1S/C20H15N5O3/c1-28-15-4-2-12(3-5-15)18-14(10-22-24-18)11-25-7-6-17-16(20(25)27)8-13(9-21)19(26)23-17/h2-8,10H,11H2,1H3,(H,22,24)(H,23,26). The summed E-state index contributed by atoms with van der Waals surface area (Å²) in [4.78, 5) is 27.2. The summed E-state index contributed by atoms with van der Waals surface area (Å²) in [5.41, 5.74) is 2.04. The van der Waals surface area contributed by atoms with Crippen molar-refractivity contribution in [1.82, 2.24) is 19.7 Å². The lowest BCUT2D eigenvalue weighted by atomic mass is 10.1. The first kappa shape index (κ1) is 17.3. The Morgan fingerprint density at radius 1 is 1.21 bits per heavy atom. The van der Waals surface area contributed by atoms with E-state index in [-0.39, 0.29) is 23.1 Å². The molecule has 8 heteroatoms. The van der Waals surface area contributed by atoms with Gasteiger partial charge in [-0.2, -0.15) is 10.4 Å². The molecule has 0 spiro atoms. The van der Waals surface area contributed by atoms with E-state index in [9.17, 15) is 9.59 Å². The smallest absolute Gasteiger partial charge is 0.266 e. The van der Waals surface area contributed by atoms with Crippen LogP contribution in [-0.4, -0.2) is 26.9 Å². The van der Waals surface area contributed by atoms with Gasteiger partial charge in [0, 0.05) is 17.3 Å². The number of hydrogen-bond acceptors (Lipinski definition) is 5. The van der Waals surface area contributed by atoms with Crippen LogP contribution in [0.15, 0.2) is 58.4 Å². The van der Waals surface area contributed by atoms with E-state index in [1.54, 1.807) is 31.6 Å². The van der Waals surface area contributed by atoms with Crippen molar-refractivity contribution in [2.45, 2.75) is 6.54 Å². The summed E-state index contributed by atoms with van der Waals surface area (Å²) in [7, 11) is 1.60. The molecule has 0 saturated carbocycles. The van der Waals surface area contributed by atoms with Crippen LogP contribution in [0.2, 0.25) is 0 Å². The largest absolute Gasteiger partial charge is 0.497 e. The van der Waals surface area contributed by atoms with Crippen LogP contribution in [0.25, 0.3) is 22.2 Å². The third-order valence-electron chi connectivity index (χ3n) is 4.54. The van der Waals surface area contributed by atoms with E-state index in [4.69, 9.17) is 10.00 Å². The third-order valence-corrected chi connectivity index (χ3v) is 4.54. The minimum atomic E-state index is -0.510. The molecule has 28 heavy (non-hydrogen) atoms. The second-order valence-corrected chi connectivity index (χ2v) is 6.20. The van der Waals surface area contributed by atoms with Gasteiger partial charge < -0.3 is 14.3 Å². The SMILES string of the molecule is COc1ccc(-c2[nH]ncc2Cn2ccc3[nH]c(=O)c(C#N)cc3c2=O)cc1. The molecule has 0 unspecified atom stereocenters. The van der Waals surface area contributed by atoms with Crippen LogP contribution in [0, 0.1) is 11.3 Å². The van der Waals surface area contributed by atoms with E-state index in [1.807, 2.05) is 24.3 Å². The van der Waals surface area contributed by atoms with Crippen molar-refractivity contribution in [2.24, 2.45) is 0 Å². The van der Waals surface area contributed by atoms with Crippen molar-refractivity contribution in [3.8, 4) is 23.1 Å². The highest BCUT2D eigenvalue weighted by atomic mass is 16.5. The van der Waals surface area contributed by atoms with E-state index in [0.717, 1.165) is 22.6 Å². The lowest BCUT2D eigenvalue weighted by Crippen LogP contribution is -2.22. The topological polar surface area (TPSA) is 117 Å². The van der Waals surface area contributed by atoms with E-state index >= 15 is 0 Å². The quantitative estimate of drug-likeness (QED) is 0.567. The summed E-state index contributed by atoms with van der Waals surface area (Å²) in [5.74, 6) is 0.748. The van der Waals surface area contributed by atoms with Crippen LogP contribution in [0.5, 0.6) is 5.75 Å². The molecular formula is C20H15N5O3. The van der Waals surface area contributed by atoms with Crippen molar-refractivity contribution >= 4 is 10.9 Å². The van der Waals surface area contributed by atoms with E-state index in [1.165, 1.54) is 10.6 Å². The number of nitrogens with zero attached hydrogens (tertiary/aromatic N) is 3. The highest BCUT2D eigenvalue weighted by Gasteiger charge is 2.12. The summed E-state index contributed by atoms with van der Waals surface area (Å²) in [6.45, 7) is 0.285. The average Bonchev–Trinajstić information content (AvgIpc) is 3.18. The molecule has 0 saturated heterocycles. The van der Waals surface area contributed by atoms with E-state index in [2.05, 4.69) is 15.2 Å². The maximum Gasteiger partial charge on any atom is 0.266 e. The van der Waals surface area contributed by atoms with Crippen LogP contribution in [0.3, 0.4) is 0 Å². The summed E-state index contributed by atoms with van der Waals surface area (Å²) >= 11 is 0. The summed E-state index contributed by atoms with van der Waals surface area (Å²) in [5, 5.41) is 16.4. The molecule has 3 aromatic heterocycles. The number of benzene rings is 1. The summed E-state index contributed by atoms with van der Waals surface area (Å²) < 4.78 is 6.69. The molecule has 4 aromatic rings. The zero-order chi connectivity index (χ0) is 19.7. The summed E-state index contributed by atoms with van der Waals surface area (Å²) in [6, 6.07) is 12.3. The highest BCUT2D eigenvalue weighted by molar-refractivity contribution is 5.78. The molecule has 0 aliphatic rings. The van der Waals surface area contributed by atoms with Crippen LogP contribution >= 0.6 is 0 Å². The normalized spacial score (nSPS) is 10.7. The number of nitrogens with one attached hydrogen (secondary N) is 2. The molecule has 3 heterocycles. The van der Waals surface area contributed by atoms with Crippen molar-refractivity contribution in [3.05, 3.63) is 80.6 Å². The Bertz CT molecular complexity index is 1320. The van der Waals surface area contributed by atoms with Gasteiger partial charge >= 0.3 is 0 Å². The van der Waals surface area contributed by atoms with Gasteiger partial charge in [0.05, 0.1) is 36.4 Å². The van der Waals surface area contributed by atoms with Crippen LogP contribution in [0.4, 0.5) is 0 Å². The number of ether oxygens (including phenoxy) is 1. The number of hydrogen-bond donors (Lipinski definition) is 2.